The molecule has 0 fully saturated rings. The Hall–Kier alpha value is -0.530. The Kier molecular flexibility index (Phi) is 4.58. The van der Waals surface area contributed by atoms with Gasteiger partial charge >= 0.3 is 6.18 Å². The van der Waals surface area contributed by atoms with E-state index in [4.69, 9.17) is 0 Å². The van der Waals surface area contributed by atoms with E-state index in [2.05, 4.69) is 37.2 Å². The number of nitrogens with one attached hydrogen (secondary N) is 1. The Balaban J connectivity index is 2.14. The van der Waals surface area contributed by atoms with E-state index < -0.39 is 11.7 Å². The summed E-state index contributed by atoms with van der Waals surface area (Å²) in [7, 11) is 0. The van der Waals surface area contributed by atoms with Crippen molar-refractivity contribution in [3.8, 4) is 0 Å². The molecule has 0 spiro atoms. The van der Waals surface area contributed by atoms with Crippen LogP contribution in [0.2, 0.25) is 0 Å². The average molecular weight is 415 g/mol. The maximum Gasteiger partial charge on any atom is 0.416 e. The molecule has 19 heavy (non-hydrogen) atoms. The highest BCUT2D eigenvalue weighted by atomic mass is 79.9. The van der Waals surface area contributed by atoms with E-state index in [1.165, 1.54) is 11.3 Å². The molecule has 0 amide bonds. The summed E-state index contributed by atoms with van der Waals surface area (Å²) in [4.78, 5) is 0. The molecule has 0 aliphatic carbocycles. The van der Waals surface area contributed by atoms with Crippen molar-refractivity contribution in [3.63, 3.8) is 0 Å². The molecule has 0 saturated heterocycles. The minimum Gasteiger partial charge on any atom is -0.381 e. The minimum atomic E-state index is -4.34. The van der Waals surface area contributed by atoms with Gasteiger partial charge in [0.1, 0.15) is 0 Å². The van der Waals surface area contributed by atoms with Gasteiger partial charge in [-0.15, -0.1) is 11.3 Å². The van der Waals surface area contributed by atoms with Crippen LogP contribution in [-0.2, 0) is 12.7 Å². The summed E-state index contributed by atoms with van der Waals surface area (Å²) >= 11 is 7.97. The lowest BCUT2D eigenvalue weighted by Gasteiger charge is -2.11. The fourth-order valence-electron chi connectivity index (χ4n) is 1.50. The first-order valence-corrected chi connectivity index (χ1v) is 7.66. The number of halogens is 5. The second kappa shape index (κ2) is 5.85. The molecule has 0 saturated carbocycles. The molecule has 1 N–H and O–H groups in total. The third-order valence-electron chi connectivity index (χ3n) is 2.34. The smallest absolute Gasteiger partial charge is 0.381 e. The van der Waals surface area contributed by atoms with E-state index in [1.54, 1.807) is 6.07 Å². The molecule has 2 rings (SSSR count). The normalized spacial score (nSPS) is 11.6. The van der Waals surface area contributed by atoms with Gasteiger partial charge in [0, 0.05) is 16.7 Å². The molecule has 1 aromatic heterocycles. The van der Waals surface area contributed by atoms with Crippen LogP contribution in [-0.4, -0.2) is 0 Å². The van der Waals surface area contributed by atoms with Gasteiger partial charge in [-0.25, -0.2) is 0 Å². The van der Waals surface area contributed by atoms with Gasteiger partial charge in [0.15, 0.2) is 0 Å². The molecule has 0 aliphatic rings. The van der Waals surface area contributed by atoms with Gasteiger partial charge < -0.3 is 5.32 Å². The molecule has 1 nitrogen and oxygen atoms in total. The van der Waals surface area contributed by atoms with Crippen molar-refractivity contribution in [3.05, 3.63) is 49.0 Å². The van der Waals surface area contributed by atoms with Crippen LogP contribution in [0.25, 0.3) is 0 Å². The van der Waals surface area contributed by atoms with Crippen molar-refractivity contribution in [2.24, 2.45) is 0 Å². The zero-order valence-electron chi connectivity index (χ0n) is 9.39. The molecule has 102 valence electrons. The highest BCUT2D eigenvalue weighted by Crippen LogP contribution is 2.33. The topological polar surface area (TPSA) is 12.0 Å². The predicted octanol–water partition coefficient (Wildman–Crippen LogP) is 5.90. The average Bonchev–Trinajstić information content (AvgIpc) is 2.71. The standard InChI is InChI=1S/C12H8Br2F3NS/c13-9-2-8(12(15,16)17)3-10(4-9)18-5-7-1-11(14)19-6-7/h1-4,6,18H,5H2. The largest absolute Gasteiger partial charge is 0.416 e. The predicted molar refractivity (Wildman–Crippen MR) is 78.5 cm³/mol. The number of rotatable bonds is 3. The van der Waals surface area contributed by atoms with Crippen molar-refractivity contribution < 1.29 is 13.2 Å². The van der Waals surface area contributed by atoms with Crippen molar-refractivity contribution >= 4 is 48.9 Å². The quantitative estimate of drug-likeness (QED) is 0.658. The monoisotopic (exact) mass is 413 g/mol. The summed E-state index contributed by atoms with van der Waals surface area (Å²) in [5.41, 5.74) is 0.783. The first-order chi connectivity index (χ1) is 8.84. The van der Waals surface area contributed by atoms with E-state index >= 15 is 0 Å². The van der Waals surface area contributed by atoms with Crippen LogP contribution in [0.5, 0.6) is 0 Å². The fourth-order valence-corrected chi connectivity index (χ4v) is 3.20. The van der Waals surface area contributed by atoms with Crippen LogP contribution in [0.4, 0.5) is 18.9 Å². The fraction of sp³-hybridized carbons (Fsp3) is 0.167. The van der Waals surface area contributed by atoms with Crippen LogP contribution >= 0.6 is 43.2 Å². The van der Waals surface area contributed by atoms with Gasteiger partial charge in [-0.2, -0.15) is 13.2 Å². The van der Waals surface area contributed by atoms with Crippen LogP contribution in [0, 0.1) is 0 Å². The summed E-state index contributed by atoms with van der Waals surface area (Å²) in [6.07, 6.45) is -4.34. The lowest BCUT2D eigenvalue weighted by atomic mass is 10.2. The summed E-state index contributed by atoms with van der Waals surface area (Å²) in [5, 5.41) is 4.93. The SMILES string of the molecule is FC(F)(F)c1cc(Br)cc(NCc2csc(Br)c2)c1. The second-order valence-corrected chi connectivity index (χ2v) is 7.05. The maximum absolute atomic E-state index is 12.7. The minimum absolute atomic E-state index is 0.399. The molecule has 0 atom stereocenters. The van der Waals surface area contributed by atoms with Gasteiger partial charge in [-0.3, -0.25) is 0 Å². The van der Waals surface area contributed by atoms with E-state index in [0.717, 1.165) is 21.5 Å². The molecule has 1 heterocycles. The van der Waals surface area contributed by atoms with Crippen molar-refractivity contribution in [2.45, 2.75) is 12.7 Å². The Morgan fingerprint density at radius 2 is 1.84 bits per heavy atom. The lowest BCUT2D eigenvalue weighted by Crippen LogP contribution is -2.06. The van der Waals surface area contributed by atoms with Gasteiger partial charge in [0.2, 0.25) is 0 Å². The summed E-state index contributed by atoms with van der Waals surface area (Å²) in [5.74, 6) is 0. The number of alkyl halides is 3. The molecule has 0 bridgehead atoms. The third-order valence-corrected chi connectivity index (χ3v) is 4.35. The molecule has 2 aromatic rings. The Bertz CT molecular complexity index is 581. The molecule has 7 heteroatoms. The lowest BCUT2D eigenvalue weighted by molar-refractivity contribution is -0.137. The first kappa shape index (κ1) is 14.9. The van der Waals surface area contributed by atoms with Crippen LogP contribution in [0.15, 0.2) is 37.9 Å². The van der Waals surface area contributed by atoms with Crippen LogP contribution < -0.4 is 5.32 Å². The zero-order chi connectivity index (χ0) is 14.0. The van der Waals surface area contributed by atoms with E-state index in [-0.39, 0.29) is 0 Å². The van der Waals surface area contributed by atoms with Gasteiger partial charge in [-0.1, -0.05) is 15.9 Å². The third kappa shape index (κ3) is 4.22. The number of hydrogen-bond acceptors (Lipinski definition) is 2. The Morgan fingerprint density at radius 1 is 1.11 bits per heavy atom. The molecule has 0 radical (unpaired) electrons. The molecule has 0 aliphatic heterocycles. The van der Waals surface area contributed by atoms with Gasteiger partial charge in [0.05, 0.1) is 9.35 Å². The van der Waals surface area contributed by atoms with Crippen LogP contribution in [0.3, 0.4) is 0 Å². The zero-order valence-corrected chi connectivity index (χ0v) is 13.4. The molecule has 1 aromatic carbocycles. The van der Waals surface area contributed by atoms with Crippen molar-refractivity contribution in [1.29, 1.82) is 0 Å². The number of anilines is 1. The van der Waals surface area contributed by atoms with E-state index in [9.17, 15) is 13.2 Å². The van der Waals surface area contributed by atoms with Gasteiger partial charge in [0.25, 0.3) is 0 Å². The number of hydrogen-bond donors (Lipinski definition) is 1. The maximum atomic E-state index is 12.7. The molecular weight excluding hydrogens is 407 g/mol. The van der Waals surface area contributed by atoms with Crippen molar-refractivity contribution in [1.82, 2.24) is 0 Å². The molecular formula is C12H8Br2F3NS. The van der Waals surface area contributed by atoms with E-state index in [0.29, 0.717) is 16.7 Å². The van der Waals surface area contributed by atoms with Gasteiger partial charge in [-0.05, 0) is 51.1 Å². The molecule has 0 unspecified atom stereocenters. The summed E-state index contributed by atoms with van der Waals surface area (Å²) in [6.45, 7) is 0.482. The Labute approximate surface area is 129 Å². The summed E-state index contributed by atoms with van der Waals surface area (Å²) in [6, 6.07) is 5.72. The highest BCUT2D eigenvalue weighted by Gasteiger charge is 2.31. The van der Waals surface area contributed by atoms with Crippen molar-refractivity contribution in [2.75, 3.05) is 5.32 Å². The Morgan fingerprint density at radius 3 is 2.42 bits per heavy atom. The second-order valence-electron chi connectivity index (χ2n) is 3.84. The first-order valence-electron chi connectivity index (χ1n) is 5.19. The number of thiophene rings is 1. The van der Waals surface area contributed by atoms with E-state index in [1.807, 2.05) is 11.4 Å². The summed E-state index contributed by atoms with van der Waals surface area (Å²) < 4.78 is 39.4. The highest BCUT2D eigenvalue weighted by molar-refractivity contribution is 9.11. The number of benzene rings is 1. The van der Waals surface area contributed by atoms with Crippen LogP contribution in [0.1, 0.15) is 11.1 Å².